The predicted octanol–water partition coefficient (Wildman–Crippen LogP) is 3.87. The third kappa shape index (κ3) is 3.82. The minimum atomic E-state index is 1.12. The summed E-state index contributed by atoms with van der Waals surface area (Å²) < 4.78 is 0. The second kappa shape index (κ2) is 5.96. The molecule has 0 aliphatic rings. The largest absolute Gasteiger partial charge is 0.0877 e. The molecular formula is C11H18. The Labute approximate surface area is 70.3 Å². The summed E-state index contributed by atoms with van der Waals surface area (Å²) in [5.41, 5.74) is 2.80. The molecule has 0 radical (unpaired) electrons. The third-order valence-electron chi connectivity index (χ3n) is 1.77. The van der Waals surface area contributed by atoms with Gasteiger partial charge in [0.25, 0.3) is 0 Å². The van der Waals surface area contributed by atoms with Crippen LogP contribution in [0.25, 0.3) is 0 Å². The Bertz CT molecular complexity index is 180. The van der Waals surface area contributed by atoms with Crippen molar-refractivity contribution in [2.24, 2.45) is 0 Å². The van der Waals surface area contributed by atoms with Gasteiger partial charge in [-0.15, -0.1) is 0 Å². The van der Waals surface area contributed by atoms with Crippen LogP contribution in [0.2, 0.25) is 0 Å². The van der Waals surface area contributed by atoms with E-state index in [9.17, 15) is 0 Å². The molecule has 0 atom stereocenters. The van der Waals surface area contributed by atoms with E-state index in [1.807, 2.05) is 13.0 Å². The molecule has 0 nitrogen and oxygen atoms in total. The summed E-state index contributed by atoms with van der Waals surface area (Å²) in [6, 6.07) is 0. The molecule has 0 aliphatic carbocycles. The van der Waals surface area contributed by atoms with Crippen LogP contribution in [0.15, 0.2) is 35.5 Å². The highest BCUT2D eigenvalue weighted by Gasteiger charge is 1.92. The van der Waals surface area contributed by atoms with Gasteiger partial charge in [-0.25, -0.2) is 0 Å². The summed E-state index contributed by atoms with van der Waals surface area (Å²) in [4.78, 5) is 0. The highest BCUT2D eigenvalue weighted by Crippen LogP contribution is 2.12. The fourth-order valence-corrected chi connectivity index (χ4v) is 1.06. The minimum absolute atomic E-state index is 1.12. The Kier molecular flexibility index (Phi) is 5.54. The Balaban J connectivity index is 4.32. The standard InChI is InChI=1S/C11H18/c1-5-8-9-10(4)11(6-2)7-3/h5-6,8-9H,7H2,1-4H3/b8-5-,10-9-,11-6-. The molecule has 0 amide bonds. The number of rotatable bonds is 3. The van der Waals surface area contributed by atoms with Crippen LogP contribution in [0.4, 0.5) is 0 Å². The number of allylic oxidation sites excluding steroid dienone is 6. The molecule has 11 heavy (non-hydrogen) atoms. The van der Waals surface area contributed by atoms with E-state index in [2.05, 4.69) is 39.0 Å². The van der Waals surface area contributed by atoms with Gasteiger partial charge >= 0.3 is 0 Å². The Morgan fingerprint density at radius 3 is 2.27 bits per heavy atom. The van der Waals surface area contributed by atoms with Crippen molar-refractivity contribution in [3.05, 3.63) is 35.5 Å². The third-order valence-corrected chi connectivity index (χ3v) is 1.77. The van der Waals surface area contributed by atoms with Crippen molar-refractivity contribution in [2.75, 3.05) is 0 Å². The zero-order valence-electron chi connectivity index (χ0n) is 8.02. The average Bonchev–Trinajstić information content (AvgIpc) is 2.03. The lowest BCUT2D eigenvalue weighted by atomic mass is 10.1. The minimum Gasteiger partial charge on any atom is -0.0877 e. The highest BCUT2D eigenvalue weighted by atomic mass is 14.0. The molecule has 0 bridgehead atoms. The normalized spacial score (nSPS) is 14.5. The van der Waals surface area contributed by atoms with Gasteiger partial charge in [-0.2, -0.15) is 0 Å². The Morgan fingerprint density at radius 1 is 1.27 bits per heavy atom. The summed E-state index contributed by atoms with van der Waals surface area (Å²) in [6.07, 6.45) is 9.57. The molecule has 0 saturated heterocycles. The van der Waals surface area contributed by atoms with E-state index in [1.165, 1.54) is 11.1 Å². The molecule has 0 heterocycles. The summed E-state index contributed by atoms with van der Waals surface area (Å²) in [5, 5.41) is 0. The number of hydrogen-bond acceptors (Lipinski definition) is 0. The van der Waals surface area contributed by atoms with E-state index in [-0.39, 0.29) is 0 Å². The van der Waals surface area contributed by atoms with E-state index >= 15 is 0 Å². The van der Waals surface area contributed by atoms with Gasteiger partial charge in [0.1, 0.15) is 0 Å². The lowest BCUT2D eigenvalue weighted by Gasteiger charge is -2.01. The van der Waals surface area contributed by atoms with Crippen LogP contribution in [0.1, 0.15) is 34.1 Å². The van der Waals surface area contributed by atoms with Crippen LogP contribution in [-0.4, -0.2) is 0 Å². The molecule has 0 aliphatic heterocycles. The van der Waals surface area contributed by atoms with Gasteiger partial charge in [0, 0.05) is 0 Å². The van der Waals surface area contributed by atoms with Crippen LogP contribution < -0.4 is 0 Å². The molecule has 0 aromatic rings. The molecular weight excluding hydrogens is 132 g/mol. The molecule has 0 saturated carbocycles. The topological polar surface area (TPSA) is 0 Å². The van der Waals surface area contributed by atoms with Crippen LogP contribution >= 0.6 is 0 Å². The molecule has 0 rings (SSSR count). The summed E-state index contributed by atoms with van der Waals surface area (Å²) in [5.74, 6) is 0. The van der Waals surface area contributed by atoms with Crippen molar-refractivity contribution < 1.29 is 0 Å². The summed E-state index contributed by atoms with van der Waals surface area (Å²) in [7, 11) is 0. The first kappa shape index (κ1) is 10.2. The highest BCUT2D eigenvalue weighted by molar-refractivity contribution is 5.31. The average molecular weight is 150 g/mol. The lowest BCUT2D eigenvalue weighted by molar-refractivity contribution is 1.10. The molecule has 0 spiro atoms. The van der Waals surface area contributed by atoms with Crippen molar-refractivity contribution in [3.8, 4) is 0 Å². The lowest BCUT2D eigenvalue weighted by Crippen LogP contribution is -1.81. The van der Waals surface area contributed by atoms with Crippen LogP contribution in [0.5, 0.6) is 0 Å². The summed E-state index contributed by atoms with van der Waals surface area (Å²) in [6.45, 7) is 8.46. The Morgan fingerprint density at radius 2 is 1.91 bits per heavy atom. The first-order valence-corrected chi connectivity index (χ1v) is 4.21. The maximum Gasteiger partial charge on any atom is -0.0308 e. The van der Waals surface area contributed by atoms with Gasteiger partial charge in [-0.05, 0) is 38.3 Å². The zero-order valence-corrected chi connectivity index (χ0v) is 8.02. The number of hydrogen-bond donors (Lipinski definition) is 0. The fraction of sp³-hybridized carbons (Fsp3) is 0.455. The molecule has 0 fully saturated rings. The van der Waals surface area contributed by atoms with Crippen molar-refractivity contribution >= 4 is 0 Å². The van der Waals surface area contributed by atoms with Crippen LogP contribution in [-0.2, 0) is 0 Å². The second-order valence-electron chi connectivity index (χ2n) is 2.54. The molecule has 0 N–H and O–H groups in total. The SMILES string of the molecule is C\C=C/C=C(C)\C(=C/C)CC. The molecule has 0 aromatic carbocycles. The fourth-order valence-electron chi connectivity index (χ4n) is 1.06. The second-order valence-corrected chi connectivity index (χ2v) is 2.54. The molecule has 0 aromatic heterocycles. The first-order valence-electron chi connectivity index (χ1n) is 4.21. The van der Waals surface area contributed by atoms with E-state index < -0.39 is 0 Å². The van der Waals surface area contributed by atoms with E-state index in [0.717, 1.165) is 6.42 Å². The van der Waals surface area contributed by atoms with Gasteiger partial charge in [0.2, 0.25) is 0 Å². The predicted molar refractivity (Wildman–Crippen MR) is 52.6 cm³/mol. The monoisotopic (exact) mass is 150 g/mol. The Hall–Kier alpha value is -0.780. The summed E-state index contributed by atoms with van der Waals surface area (Å²) >= 11 is 0. The first-order chi connectivity index (χ1) is 5.26. The molecule has 62 valence electrons. The maximum absolute atomic E-state index is 2.18. The van der Waals surface area contributed by atoms with Gasteiger partial charge in [0.15, 0.2) is 0 Å². The van der Waals surface area contributed by atoms with Gasteiger partial charge in [-0.3, -0.25) is 0 Å². The van der Waals surface area contributed by atoms with E-state index in [4.69, 9.17) is 0 Å². The van der Waals surface area contributed by atoms with Crippen molar-refractivity contribution in [1.29, 1.82) is 0 Å². The molecule has 0 unspecified atom stereocenters. The van der Waals surface area contributed by atoms with Gasteiger partial charge < -0.3 is 0 Å². The van der Waals surface area contributed by atoms with Gasteiger partial charge in [0.05, 0.1) is 0 Å². The van der Waals surface area contributed by atoms with E-state index in [1.54, 1.807) is 0 Å². The van der Waals surface area contributed by atoms with Crippen molar-refractivity contribution in [1.82, 2.24) is 0 Å². The smallest absolute Gasteiger partial charge is 0.0308 e. The maximum atomic E-state index is 2.18. The zero-order chi connectivity index (χ0) is 8.69. The van der Waals surface area contributed by atoms with Crippen molar-refractivity contribution in [3.63, 3.8) is 0 Å². The molecule has 0 heteroatoms. The van der Waals surface area contributed by atoms with Crippen molar-refractivity contribution in [2.45, 2.75) is 34.1 Å². The van der Waals surface area contributed by atoms with Gasteiger partial charge in [-0.1, -0.05) is 31.2 Å². The van der Waals surface area contributed by atoms with Crippen LogP contribution in [0, 0.1) is 0 Å². The quantitative estimate of drug-likeness (QED) is 0.536. The van der Waals surface area contributed by atoms with E-state index in [0.29, 0.717) is 0 Å². The van der Waals surface area contributed by atoms with Crippen LogP contribution in [0.3, 0.4) is 0 Å².